The van der Waals surface area contributed by atoms with Crippen molar-refractivity contribution in [3.05, 3.63) is 48.2 Å². The average molecular weight is 247 g/mol. The van der Waals surface area contributed by atoms with E-state index in [9.17, 15) is 4.79 Å². The van der Waals surface area contributed by atoms with Crippen LogP contribution in [0.1, 0.15) is 23.9 Å². The van der Waals surface area contributed by atoms with Gasteiger partial charge in [-0.1, -0.05) is 30.3 Å². The van der Waals surface area contributed by atoms with Crippen LogP contribution in [-0.4, -0.2) is 21.4 Å². The highest BCUT2D eigenvalue weighted by Gasteiger charge is 2.18. The number of hydrogen-bond donors (Lipinski definition) is 2. The van der Waals surface area contributed by atoms with Crippen LogP contribution >= 0.6 is 0 Å². The fourth-order valence-corrected chi connectivity index (χ4v) is 1.70. The summed E-state index contributed by atoms with van der Waals surface area (Å²) in [5.74, 6) is 0.285. The highest BCUT2D eigenvalue weighted by molar-refractivity contribution is 5.64. The van der Waals surface area contributed by atoms with Crippen molar-refractivity contribution >= 4 is 6.09 Å². The van der Waals surface area contributed by atoms with Gasteiger partial charge in [-0.15, -0.1) is 10.2 Å². The molecule has 0 aliphatic rings. The molecule has 0 spiro atoms. The molecule has 94 valence electrons. The zero-order chi connectivity index (χ0) is 12.8. The number of carboxylic acid groups (broad SMARTS) is 1. The van der Waals surface area contributed by atoms with Crippen molar-refractivity contribution in [2.75, 3.05) is 0 Å². The Labute approximate surface area is 104 Å². The van der Waals surface area contributed by atoms with Crippen molar-refractivity contribution in [1.29, 1.82) is 0 Å². The number of aryl methyl sites for hydroxylation is 1. The molecule has 0 bridgehead atoms. The summed E-state index contributed by atoms with van der Waals surface area (Å²) in [6.45, 7) is 0. The summed E-state index contributed by atoms with van der Waals surface area (Å²) in [6.07, 6.45) is 1.38. The Morgan fingerprint density at radius 2 is 2.17 bits per heavy atom. The number of nitrogens with one attached hydrogen (secondary N) is 1. The molecule has 1 unspecified atom stereocenters. The molecule has 1 atom stereocenters. The first kappa shape index (κ1) is 12.1. The van der Waals surface area contributed by atoms with Crippen LogP contribution in [0.25, 0.3) is 0 Å². The van der Waals surface area contributed by atoms with Crippen molar-refractivity contribution in [3.63, 3.8) is 0 Å². The maximum absolute atomic E-state index is 10.7. The maximum Gasteiger partial charge on any atom is 0.405 e. The molecule has 2 aromatic rings. The minimum atomic E-state index is -1.11. The molecule has 1 aromatic carbocycles. The van der Waals surface area contributed by atoms with Gasteiger partial charge in [-0.05, 0) is 18.4 Å². The highest BCUT2D eigenvalue weighted by atomic mass is 16.4. The number of hydrogen-bond acceptors (Lipinski definition) is 4. The Morgan fingerprint density at radius 1 is 1.39 bits per heavy atom. The molecule has 1 amide bonds. The van der Waals surface area contributed by atoms with E-state index >= 15 is 0 Å². The van der Waals surface area contributed by atoms with Gasteiger partial charge in [-0.25, -0.2) is 4.79 Å². The number of amides is 1. The first-order valence-electron chi connectivity index (χ1n) is 5.55. The van der Waals surface area contributed by atoms with Gasteiger partial charge in [0.15, 0.2) is 0 Å². The lowest BCUT2D eigenvalue weighted by molar-refractivity contribution is 0.186. The third-order valence-corrected chi connectivity index (χ3v) is 2.54. The van der Waals surface area contributed by atoms with Gasteiger partial charge in [0.1, 0.15) is 6.04 Å². The van der Waals surface area contributed by atoms with Crippen LogP contribution in [0.5, 0.6) is 0 Å². The van der Waals surface area contributed by atoms with E-state index in [0.717, 1.165) is 12.0 Å². The minimum Gasteiger partial charge on any atom is -0.465 e. The molecule has 6 nitrogen and oxygen atoms in total. The maximum atomic E-state index is 10.7. The largest absolute Gasteiger partial charge is 0.465 e. The number of benzene rings is 1. The summed E-state index contributed by atoms with van der Waals surface area (Å²) >= 11 is 0. The summed E-state index contributed by atoms with van der Waals surface area (Å²) in [5.41, 5.74) is 1.13. The second kappa shape index (κ2) is 5.81. The van der Waals surface area contributed by atoms with Gasteiger partial charge in [0.2, 0.25) is 12.3 Å². The zero-order valence-corrected chi connectivity index (χ0v) is 9.61. The molecule has 0 radical (unpaired) electrons. The number of nitrogens with zero attached hydrogens (tertiary/aromatic N) is 2. The van der Waals surface area contributed by atoms with Crippen molar-refractivity contribution in [2.45, 2.75) is 18.9 Å². The van der Waals surface area contributed by atoms with E-state index in [4.69, 9.17) is 9.52 Å². The van der Waals surface area contributed by atoms with E-state index < -0.39 is 12.1 Å². The second-order valence-electron chi connectivity index (χ2n) is 3.80. The van der Waals surface area contributed by atoms with Gasteiger partial charge < -0.3 is 14.8 Å². The molecule has 0 fully saturated rings. The van der Waals surface area contributed by atoms with E-state index in [2.05, 4.69) is 15.5 Å². The topological polar surface area (TPSA) is 88.2 Å². The monoisotopic (exact) mass is 247 g/mol. The summed E-state index contributed by atoms with van der Waals surface area (Å²) in [4.78, 5) is 10.7. The third kappa shape index (κ3) is 3.31. The van der Waals surface area contributed by atoms with Crippen molar-refractivity contribution in [3.8, 4) is 0 Å². The zero-order valence-electron chi connectivity index (χ0n) is 9.61. The van der Waals surface area contributed by atoms with Crippen LogP contribution in [0.4, 0.5) is 4.79 Å². The molecule has 6 heteroatoms. The lowest BCUT2D eigenvalue weighted by Crippen LogP contribution is -2.27. The number of aromatic nitrogens is 2. The molecule has 0 saturated heterocycles. The van der Waals surface area contributed by atoms with Crippen LogP contribution in [0.3, 0.4) is 0 Å². The Bertz CT molecular complexity index is 485. The van der Waals surface area contributed by atoms with Gasteiger partial charge in [-0.3, -0.25) is 0 Å². The average Bonchev–Trinajstić information content (AvgIpc) is 2.89. The normalized spacial score (nSPS) is 12.0. The fraction of sp³-hybridized carbons (Fsp3) is 0.250. The molecular formula is C12H13N3O3. The van der Waals surface area contributed by atoms with E-state index in [0.29, 0.717) is 6.42 Å². The van der Waals surface area contributed by atoms with E-state index in [-0.39, 0.29) is 5.89 Å². The molecule has 2 rings (SSSR count). The molecule has 1 heterocycles. The Balaban J connectivity index is 2.00. The van der Waals surface area contributed by atoms with Crippen LogP contribution in [0.2, 0.25) is 0 Å². The number of rotatable bonds is 5. The van der Waals surface area contributed by atoms with E-state index in [1.165, 1.54) is 6.39 Å². The molecule has 0 aliphatic heterocycles. The number of carbonyl (C=O) groups is 1. The van der Waals surface area contributed by atoms with Gasteiger partial charge in [0.05, 0.1) is 0 Å². The predicted molar refractivity (Wildman–Crippen MR) is 63.0 cm³/mol. The molecule has 0 aliphatic carbocycles. The highest BCUT2D eigenvalue weighted by Crippen LogP contribution is 2.16. The second-order valence-corrected chi connectivity index (χ2v) is 3.80. The predicted octanol–water partition coefficient (Wildman–Crippen LogP) is 2.01. The Morgan fingerprint density at radius 3 is 2.78 bits per heavy atom. The SMILES string of the molecule is O=C(O)NC(CCc1ccccc1)c1nnco1. The van der Waals surface area contributed by atoms with Crippen molar-refractivity contribution in [2.24, 2.45) is 0 Å². The first-order valence-corrected chi connectivity index (χ1v) is 5.55. The molecule has 18 heavy (non-hydrogen) atoms. The standard InChI is InChI=1S/C12H13N3O3/c16-12(17)14-10(11-15-13-8-18-11)7-6-9-4-2-1-3-5-9/h1-5,8,10,14H,6-7H2,(H,16,17). The van der Waals surface area contributed by atoms with Crippen LogP contribution < -0.4 is 5.32 Å². The fourth-order valence-electron chi connectivity index (χ4n) is 1.70. The molecule has 2 N–H and O–H groups in total. The Hall–Kier alpha value is -2.37. The Kier molecular flexibility index (Phi) is 3.90. The van der Waals surface area contributed by atoms with Gasteiger partial charge >= 0.3 is 6.09 Å². The summed E-state index contributed by atoms with van der Waals surface area (Å²) in [5, 5.41) is 18.4. The smallest absolute Gasteiger partial charge is 0.405 e. The van der Waals surface area contributed by atoms with E-state index in [1.54, 1.807) is 0 Å². The summed E-state index contributed by atoms with van der Waals surface area (Å²) < 4.78 is 5.04. The molecule has 1 aromatic heterocycles. The van der Waals surface area contributed by atoms with Gasteiger partial charge in [0.25, 0.3) is 0 Å². The minimum absolute atomic E-state index is 0.285. The molecule has 0 saturated carbocycles. The summed E-state index contributed by atoms with van der Waals surface area (Å²) in [6, 6.07) is 9.33. The van der Waals surface area contributed by atoms with Crippen LogP contribution in [-0.2, 0) is 6.42 Å². The molecular weight excluding hydrogens is 234 g/mol. The third-order valence-electron chi connectivity index (χ3n) is 2.54. The lowest BCUT2D eigenvalue weighted by Gasteiger charge is -2.12. The van der Waals surface area contributed by atoms with Crippen molar-refractivity contribution < 1.29 is 14.3 Å². The van der Waals surface area contributed by atoms with Gasteiger partial charge in [0, 0.05) is 0 Å². The summed E-state index contributed by atoms with van der Waals surface area (Å²) in [7, 11) is 0. The van der Waals surface area contributed by atoms with Gasteiger partial charge in [-0.2, -0.15) is 0 Å². The first-order chi connectivity index (χ1) is 8.75. The van der Waals surface area contributed by atoms with Crippen molar-refractivity contribution in [1.82, 2.24) is 15.5 Å². The quantitative estimate of drug-likeness (QED) is 0.843. The van der Waals surface area contributed by atoms with Crippen LogP contribution in [0, 0.1) is 0 Å². The van der Waals surface area contributed by atoms with E-state index in [1.807, 2.05) is 30.3 Å². The van der Waals surface area contributed by atoms with Crippen LogP contribution in [0.15, 0.2) is 41.1 Å². The lowest BCUT2D eigenvalue weighted by atomic mass is 10.1.